The van der Waals surface area contributed by atoms with E-state index in [1.54, 1.807) is 0 Å². The van der Waals surface area contributed by atoms with Crippen LogP contribution in [0.15, 0.2) is 127 Å². The van der Waals surface area contributed by atoms with Crippen molar-refractivity contribution in [2.75, 3.05) is 11.9 Å². The van der Waals surface area contributed by atoms with Gasteiger partial charge < -0.3 is 9.47 Å². The van der Waals surface area contributed by atoms with E-state index in [1.807, 2.05) is 0 Å². The van der Waals surface area contributed by atoms with E-state index in [1.165, 1.54) is 55.8 Å². The van der Waals surface area contributed by atoms with E-state index < -0.39 is 0 Å². The molecule has 39 heavy (non-hydrogen) atoms. The van der Waals surface area contributed by atoms with Gasteiger partial charge in [-0.25, -0.2) is 0 Å². The van der Waals surface area contributed by atoms with Gasteiger partial charge in [0.15, 0.2) is 0 Å². The van der Waals surface area contributed by atoms with Crippen molar-refractivity contribution in [1.82, 2.24) is 4.57 Å². The van der Waals surface area contributed by atoms with Crippen molar-refractivity contribution in [1.29, 1.82) is 0 Å². The molecule has 0 unspecified atom stereocenters. The molecule has 0 aliphatic rings. The zero-order valence-electron chi connectivity index (χ0n) is 22.7. The Morgan fingerprint density at radius 1 is 0.615 bits per heavy atom. The van der Waals surface area contributed by atoms with Crippen molar-refractivity contribution >= 4 is 34.4 Å². The fourth-order valence-electron chi connectivity index (χ4n) is 5.36. The minimum Gasteiger partial charge on any atom is -0.344 e. The van der Waals surface area contributed by atoms with Crippen LogP contribution in [-0.2, 0) is 0 Å². The van der Waals surface area contributed by atoms with Crippen molar-refractivity contribution in [2.45, 2.75) is 13.8 Å². The number of nitrogens with zero attached hydrogens (tertiary/aromatic N) is 2. The molecule has 6 aromatic rings. The molecule has 0 saturated heterocycles. The molecule has 2 heteroatoms. The number of fused-ring (bicyclic) bond motifs is 1. The number of rotatable bonds is 6. The average Bonchev–Trinajstić information content (AvgIpc) is 3.25. The largest absolute Gasteiger partial charge is 0.344 e. The van der Waals surface area contributed by atoms with E-state index in [2.05, 4.69) is 170 Å². The first kappa shape index (κ1) is 24.5. The predicted octanol–water partition coefficient (Wildman–Crippen LogP) is 9.85. The highest BCUT2D eigenvalue weighted by molar-refractivity contribution is 5.92. The molecule has 5 aromatic carbocycles. The molecule has 0 atom stereocenters. The third kappa shape index (κ3) is 4.78. The van der Waals surface area contributed by atoms with E-state index in [0.717, 1.165) is 5.69 Å². The van der Waals surface area contributed by atoms with Gasteiger partial charge in [-0.3, -0.25) is 0 Å². The second kappa shape index (κ2) is 10.5. The van der Waals surface area contributed by atoms with Crippen LogP contribution in [0.1, 0.15) is 22.4 Å². The lowest BCUT2D eigenvalue weighted by Gasteiger charge is -2.23. The van der Waals surface area contributed by atoms with Crippen LogP contribution in [0, 0.1) is 13.8 Å². The molecule has 1 aromatic heterocycles. The average molecular weight is 505 g/mol. The quantitative estimate of drug-likeness (QED) is 0.205. The summed E-state index contributed by atoms with van der Waals surface area (Å²) in [5, 5.41) is 1.29. The van der Waals surface area contributed by atoms with Crippen LogP contribution in [0.2, 0.25) is 0 Å². The van der Waals surface area contributed by atoms with Crippen LogP contribution in [0.5, 0.6) is 0 Å². The van der Waals surface area contributed by atoms with Gasteiger partial charge in [-0.05, 0) is 84.1 Å². The van der Waals surface area contributed by atoms with E-state index in [-0.39, 0.29) is 0 Å². The predicted molar refractivity (Wildman–Crippen MR) is 168 cm³/mol. The first-order chi connectivity index (χ1) is 19.1. The second-order valence-electron chi connectivity index (χ2n) is 10.0. The van der Waals surface area contributed by atoms with Crippen molar-refractivity contribution in [3.05, 3.63) is 150 Å². The van der Waals surface area contributed by atoms with Crippen LogP contribution in [0.25, 0.3) is 39.9 Å². The Balaban J connectivity index is 1.45. The van der Waals surface area contributed by atoms with Crippen LogP contribution < -0.4 is 4.90 Å². The maximum Gasteiger partial charge on any atom is 0.0534 e. The fourth-order valence-corrected chi connectivity index (χ4v) is 5.36. The zero-order valence-corrected chi connectivity index (χ0v) is 22.7. The lowest BCUT2D eigenvalue weighted by Crippen LogP contribution is -2.10. The SMILES string of the molecule is Cc1c(C)n(-c2ccccc2)c2ccc(-c3ccc(/C=C/c4ccccc4)c(N(C)c4ccccc4)c3)cc12. The van der Waals surface area contributed by atoms with Gasteiger partial charge in [0.1, 0.15) is 0 Å². The highest BCUT2D eigenvalue weighted by Crippen LogP contribution is 2.36. The van der Waals surface area contributed by atoms with Crippen LogP contribution >= 0.6 is 0 Å². The number of aromatic nitrogens is 1. The van der Waals surface area contributed by atoms with E-state index in [4.69, 9.17) is 0 Å². The fraction of sp³-hybridized carbons (Fsp3) is 0.0811. The summed E-state index contributed by atoms with van der Waals surface area (Å²) in [6.07, 6.45) is 4.40. The number of anilines is 2. The van der Waals surface area contributed by atoms with Gasteiger partial charge in [-0.1, -0.05) is 97.1 Å². The number of aryl methyl sites for hydroxylation is 1. The highest BCUT2D eigenvalue weighted by atomic mass is 15.1. The van der Waals surface area contributed by atoms with Gasteiger partial charge in [0.2, 0.25) is 0 Å². The van der Waals surface area contributed by atoms with Crippen LogP contribution in [0.3, 0.4) is 0 Å². The molecule has 0 amide bonds. The number of benzene rings is 5. The maximum absolute atomic E-state index is 2.36. The number of hydrogen-bond donors (Lipinski definition) is 0. The van der Waals surface area contributed by atoms with Crippen LogP contribution in [-0.4, -0.2) is 11.6 Å². The Labute approximate surface area is 231 Å². The smallest absolute Gasteiger partial charge is 0.0534 e. The third-order valence-corrected chi connectivity index (χ3v) is 7.66. The zero-order chi connectivity index (χ0) is 26.8. The van der Waals surface area contributed by atoms with Crippen molar-refractivity contribution in [3.63, 3.8) is 0 Å². The first-order valence-electron chi connectivity index (χ1n) is 13.4. The molecule has 0 bridgehead atoms. The molecule has 1 heterocycles. The topological polar surface area (TPSA) is 8.17 Å². The van der Waals surface area contributed by atoms with E-state index in [9.17, 15) is 0 Å². The molecular weight excluding hydrogens is 472 g/mol. The summed E-state index contributed by atoms with van der Waals surface area (Å²) in [7, 11) is 2.14. The molecule has 0 aliphatic carbocycles. The summed E-state index contributed by atoms with van der Waals surface area (Å²) in [5.41, 5.74) is 12.1. The number of hydrogen-bond acceptors (Lipinski definition) is 1. The Hall–Kier alpha value is -4.82. The third-order valence-electron chi connectivity index (χ3n) is 7.66. The standard InChI is InChI=1S/C37H32N2/c1-27-28(2)39(34-17-11-6-12-18-34)36-24-23-31(25-35(27)36)32-22-21-30(20-19-29-13-7-4-8-14-29)37(26-32)38(3)33-15-9-5-10-16-33/h4-26H,1-3H3/b20-19+. The summed E-state index contributed by atoms with van der Waals surface area (Å²) in [6, 6.07) is 45.3. The molecular formula is C37H32N2. The molecule has 0 aliphatic heterocycles. The van der Waals surface area contributed by atoms with Crippen molar-refractivity contribution in [3.8, 4) is 16.8 Å². The summed E-state index contributed by atoms with van der Waals surface area (Å²) in [4.78, 5) is 2.27. The molecule has 2 nitrogen and oxygen atoms in total. The number of para-hydroxylation sites is 2. The van der Waals surface area contributed by atoms with E-state index in [0.29, 0.717) is 0 Å². The summed E-state index contributed by atoms with van der Waals surface area (Å²) in [6.45, 7) is 4.44. The van der Waals surface area contributed by atoms with Gasteiger partial charge in [-0.2, -0.15) is 0 Å². The molecule has 0 saturated carbocycles. The van der Waals surface area contributed by atoms with Gasteiger partial charge in [-0.15, -0.1) is 0 Å². The summed E-state index contributed by atoms with van der Waals surface area (Å²) < 4.78 is 2.36. The molecule has 6 rings (SSSR count). The van der Waals surface area contributed by atoms with Gasteiger partial charge in [0, 0.05) is 35.2 Å². The summed E-state index contributed by atoms with van der Waals surface area (Å²) in [5.74, 6) is 0. The molecule has 0 spiro atoms. The minimum absolute atomic E-state index is 1.16. The Morgan fingerprint density at radius 2 is 1.23 bits per heavy atom. The highest BCUT2D eigenvalue weighted by Gasteiger charge is 2.15. The first-order valence-corrected chi connectivity index (χ1v) is 13.4. The summed E-state index contributed by atoms with van der Waals surface area (Å²) >= 11 is 0. The second-order valence-corrected chi connectivity index (χ2v) is 10.0. The van der Waals surface area contributed by atoms with E-state index >= 15 is 0 Å². The van der Waals surface area contributed by atoms with Gasteiger partial charge in [0.25, 0.3) is 0 Å². The lowest BCUT2D eigenvalue weighted by atomic mass is 9.99. The normalized spacial score (nSPS) is 11.4. The molecule has 0 N–H and O–H groups in total. The molecule has 190 valence electrons. The van der Waals surface area contributed by atoms with Crippen molar-refractivity contribution in [2.24, 2.45) is 0 Å². The molecule has 0 fully saturated rings. The maximum atomic E-state index is 2.36. The Kier molecular flexibility index (Phi) is 6.61. The van der Waals surface area contributed by atoms with Gasteiger partial charge >= 0.3 is 0 Å². The van der Waals surface area contributed by atoms with Crippen LogP contribution in [0.4, 0.5) is 11.4 Å². The monoisotopic (exact) mass is 504 g/mol. The lowest BCUT2D eigenvalue weighted by molar-refractivity contribution is 1.04. The van der Waals surface area contributed by atoms with Gasteiger partial charge in [0.05, 0.1) is 5.52 Å². The molecule has 0 radical (unpaired) electrons. The van der Waals surface area contributed by atoms with Crippen molar-refractivity contribution < 1.29 is 0 Å². The Bertz CT molecular complexity index is 1760. The Morgan fingerprint density at radius 3 is 1.95 bits per heavy atom. The minimum atomic E-state index is 1.16.